The molecule has 0 aliphatic carbocycles. The van der Waals surface area contributed by atoms with E-state index >= 15 is 0 Å². The number of benzene rings is 2. The first-order chi connectivity index (χ1) is 9.45. The summed E-state index contributed by atoms with van der Waals surface area (Å²) in [5.74, 6) is 0.855. The van der Waals surface area contributed by atoms with Gasteiger partial charge in [-0.3, -0.25) is 0 Å². The third-order valence-corrected chi connectivity index (χ3v) is 3.46. The van der Waals surface area contributed by atoms with Gasteiger partial charge in [-0.15, -0.1) is 0 Å². The summed E-state index contributed by atoms with van der Waals surface area (Å²) < 4.78 is 5.31. The number of methoxy groups -OCH3 is 1. The monoisotopic (exact) mass is 270 g/mol. The van der Waals surface area contributed by atoms with Crippen molar-refractivity contribution in [2.45, 2.75) is 32.8 Å². The van der Waals surface area contributed by atoms with Crippen LogP contribution in [0.5, 0.6) is 5.75 Å². The molecule has 106 valence electrons. The topological polar surface area (TPSA) is 29.5 Å². The molecule has 0 amide bonds. The van der Waals surface area contributed by atoms with E-state index in [-0.39, 0.29) is 12.0 Å². The van der Waals surface area contributed by atoms with Gasteiger partial charge in [-0.1, -0.05) is 51.1 Å². The van der Waals surface area contributed by atoms with Crippen LogP contribution in [0.1, 0.15) is 31.9 Å². The molecule has 2 heteroatoms. The van der Waals surface area contributed by atoms with E-state index in [1.54, 1.807) is 7.11 Å². The number of hydrogen-bond donors (Lipinski definition) is 1. The van der Waals surface area contributed by atoms with Gasteiger partial charge in [-0.2, -0.15) is 0 Å². The predicted molar refractivity (Wildman–Crippen MR) is 83.1 cm³/mol. The van der Waals surface area contributed by atoms with E-state index in [9.17, 15) is 5.11 Å². The summed E-state index contributed by atoms with van der Waals surface area (Å²) >= 11 is 0. The smallest absolute Gasteiger partial charge is 0.119 e. The molecule has 20 heavy (non-hydrogen) atoms. The van der Waals surface area contributed by atoms with Crippen LogP contribution in [0.15, 0.2) is 42.5 Å². The van der Waals surface area contributed by atoms with Crippen LogP contribution < -0.4 is 4.74 Å². The highest BCUT2D eigenvalue weighted by atomic mass is 16.5. The molecule has 0 saturated heterocycles. The van der Waals surface area contributed by atoms with Gasteiger partial charge >= 0.3 is 0 Å². The number of ether oxygens (including phenoxy) is 1. The fourth-order valence-corrected chi connectivity index (χ4v) is 2.35. The average molecular weight is 270 g/mol. The maximum atomic E-state index is 9.35. The lowest BCUT2D eigenvalue weighted by Gasteiger charge is -2.24. The lowest BCUT2D eigenvalue weighted by molar-refractivity contribution is 0.281. The molecule has 0 fully saturated rings. The first-order valence-corrected chi connectivity index (χ1v) is 6.84. The van der Waals surface area contributed by atoms with Crippen molar-refractivity contribution in [1.82, 2.24) is 0 Å². The van der Waals surface area contributed by atoms with Gasteiger partial charge in [-0.25, -0.2) is 0 Å². The van der Waals surface area contributed by atoms with Crippen molar-refractivity contribution in [3.8, 4) is 16.9 Å². The molecule has 2 nitrogen and oxygen atoms in total. The van der Waals surface area contributed by atoms with Crippen molar-refractivity contribution in [3.05, 3.63) is 53.6 Å². The van der Waals surface area contributed by atoms with Crippen LogP contribution in [0.4, 0.5) is 0 Å². The Labute approximate surface area is 121 Å². The van der Waals surface area contributed by atoms with Crippen molar-refractivity contribution < 1.29 is 9.84 Å². The lowest BCUT2D eigenvalue weighted by Crippen LogP contribution is -2.13. The van der Waals surface area contributed by atoms with Gasteiger partial charge in [0.05, 0.1) is 13.7 Å². The maximum Gasteiger partial charge on any atom is 0.119 e. The van der Waals surface area contributed by atoms with Crippen LogP contribution in [0.2, 0.25) is 0 Å². The first kappa shape index (κ1) is 14.6. The fourth-order valence-electron chi connectivity index (χ4n) is 2.35. The zero-order valence-electron chi connectivity index (χ0n) is 12.6. The first-order valence-electron chi connectivity index (χ1n) is 6.84. The Bertz CT molecular complexity index is 595. The molecule has 0 atom stereocenters. The second-order valence-corrected chi connectivity index (χ2v) is 6.02. The molecule has 0 aliphatic rings. The van der Waals surface area contributed by atoms with E-state index in [1.165, 1.54) is 11.1 Å². The summed E-state index contributed by atoms with van der Waals surface area (Å²) in [4.78, 5) is 0. The second kappa shape index (κ2) is 5.68. The molecule has 2 aromatic rings. The van der Waals surface area contributed by atoms with Crippen LogP contribution >= 0.6 is 0 Å². The quantitative estimate of drug-likeness (QED) is 0.907. The van der Waals surface area contributed by atoms with E-state index in [1.807, 2.05) is 24.3 Å². The molecule has 0 aliphatic heterocycles. The van der Waals surface area contributed by atoms with Crippen LogP contribution in [0.25, 0.3) is 11.1 Å². The third-order valence-electron chi connectivity index (χ3n) is 3.46. The molecular weight excluding hydrogens is 248 g/mol. The summed E-state index contributed by atoms with van der Waals surface area (Å²) in [5.41, 5.74) is 4.52. The van der Waals surface area contributed by atoms with E-state index in [0.717, 1.165) is 16.9 Å². The zero-order valence-corrected chi connectivity index (χ0v) is 12.6. The Kier molecular flexibility index (Phi) is 4.15. The normalized spacial score (nSPS) is 11.4. The summed E-state index contributed by atoms with van der Waals surface area (Å²) in [6.07, 6.45) is 0. The summed E-state index contributed by atoms with van der Waals surface area (Å²) in [6, 6.07) is 14.2. The van der Waals surface area contributed by atoms with Gasteiger partial charge < -0.3 is 9.84 Å². The lowest BCUT2D eigenvalue weighted by atomic mass is 9.81. The van der Waals surface area contributed by atoms with Gasteiger partial charge in [-0.05, 0) is 39.8 Å². The molecule has 0 aromatic heterocycles. The Morgan fingerprint density at radius 2 is 1.80 bits per heavy atom. The standard InChI is InChI=1S/C18H22O2/c1-18(2,3)17-10-13(12-19)8-9-16(17)14-6-5-7-15(11-14)20-4/h5-11,19H,12H2,1-4H3. The second-order valence-electron chi connectivity index (χ2n) is 6.02. The Morgan fingerprint density at radius 1 is 1.05 bits per heavy atom. The zero-order chi connectivity index (χ0) is 14.8. The molecule has 0 unspecified atom stereocenters. The molecule has 2 aromatic carbocycles. The highest BCUT2D eigenvalue weighted by Gasteiger charge is 2.19. The number of aliphatic hydroxyl groups is 1. The Hall–Kier alpha value is -1.80. The van der Waals surface area contributed by atoms with Crippen molar-refractivity contribution >= 4 is 0 Å². The summed E-state index contributed by atoms with van der Waals surface area (Å²) in [5, 5.41) is 9.35. The molecule has 1 N–H and O–H groups in total. The van der Waals surface area contributed by atoms with Crippen molar-refractivity contribution in [2.75, 3.05) is 7.11 Å². The summed E-state index contributed by atoms with van der Waals surface area (Å²) in [7, 11) is 1.68. The number of hydrogen-bond acceptors (Lipinski definition) is 2. The summed E-state index contributed by atoms with van der Waals surface area (Å²) in [6.45, 7) is 6.63. The Balaban J connectivity index is 2.60. The van der Waals surface area contributed by atoms with Crippen LogP contribution in [-0.4, -0.2) is 12.2 Å². The maximum absolute atomic E-state index is 9.35. The minimum Gasteiger partial charge on any atom is -0.497 e. The fraction of sp³-hybridized carbons (Fsp3) is 0.333. The molecule has 0 radical (unpaired) electrons. The highest BCUT2D eigenvalue weighted by Crippen LogP contribution is 2.35. The minimum atomic E-state index is 0.0175. The molecular formula is C18H22O2. The van der Waals surface area contributed by atoms with Crippen molar-refractivity contribution in [1.29, 1.82) is 0 Å². The van der Waals surface area contributed by atoms with Crippen molar-refractivity contribution in [2.24, 2.45) is 0 Å². The van der Waals surface area contributed by atoms with Gasteiger partial charge in [0.1, 0.15) is 5.75 Å². The van der Waals surface area contributed by atoms with Gasteiger partial charge in [0.25, 0.3) is 0 Å². The molecule has 0 spiro atoms. The van der Waals surface area contributed by atoms with E-state index in [4.69, 9.17) is 4.74 Å². The van der Waals surface area contributed by atoms with Gasteiger partial charge in [0, 0.05) is 0 Å². The van der Waals surface area contributed by atoms with Crippen LogP contribution in [0.3, 0.4) is 0 Å². The van der Waals surface area contributed by atoms with E-state index in [2.05, 4.69) is 39.0 Å². The average Bonchev–Trinajstić information content (AvgIpc) is 2.45. The molecule has 0 bridgehead atoms. The Morgan fingerprint density at radius 3 is 2.40 bits per heavy atom. The van der Waals surface area contributed by atoms with Crippen LogP contribution in [0, 0.1) is 0 Å². The molecule has 2 rings (SSSR count). The highest BCUT2D eigenvalue weighted by molar-refractivity contribution is 5.70. The largest absolute Gasteiger partial charge is 0.497 e. The molecule has 0 heterocycles. The SMILES string of the molecule is COc1cccc(-c2ccc(CO)cc2C(C)(C)C)c1. The van der Waals surface area contributed by atoms with Gasteiger partial charge in [0.15, 0.2) is 0 Å². The number of rotatable bonds is 3. The minimum absolute atomic E-state index is 0.0175. The third kappa shape index (κ3) is 3.02. The predicted octanol–water partition coefficient (Wildman–Crippen LogP) is 4.15. The van der Waals surface area contributed by atoms with E-state index in [0.29, 0.717) is 0 Å². The van der Waals surface area contributed by atoms with Gasteiger partial charge in [0.2, 0.25) is 0 Å². The van der Waals surface area contributed by atoms with E-state index < -0.39 is 0 Å². The van der Waals surface area contributed by atoms with Crippen LogP contribution in [-0.2, 0) is 12.0 Å². The number of aliphatic hydroxyl groups excluding tert-OH is 1. The molecule has 0 saturated carbocycles. The van der Waals surface area contributed by atoms with Crippen molar-refractivity contribution in [3.63, 3.8) is 0 Å².